The first-order chi connectivity index (χ1) is 8.04. The Kier molecular flexibility index (Phi) is 3.26. The lowest BCUT2D eigenvalue weighted by molar-refractivity contribution is 0.794. The van der Waals surface area contributed by atoms with Gasteiger partial charge in [0.15, 0.2) is 0 Å². The number of rotatable bonds is 3. The van der Waals surface area contributed by atoms with Gasteiger partial charge < -0.3 is 5.73 Å². The third-order valence-electron chi connectivity index (χ3n) is 2.66. The fourth-order valence-corrected chi connectivity index (χ4v) is 3.11. The second kappa shape index (κ2) is 4.54. The van der Waals surface area contributed by atoms with Crippen molar-refractivity contribution in [3.63, 3.8) is 0 Å². The zero-order valence-corrected chi connectivity index (χ0v) is 11.3. The third kappa shape index (κ3) is 2.10. The van der Waals surface area contributed by atoms with Crippen molar-refractivity contribution in [1.82, 2.24) is 9.55 Å². The first kappa shape index (κ1) is 12.2. The molecule has 2 heterocycles. The summed E-state index contributed by atoms with van der Waals surface area (Å²) < 4.78 is 1.47. The quantitative estimate of drug-likeness (QED) is 0.858. The molecular weight excluding hydrogens is 254 g/mol. The molecule has 0 spiro atoms. The van der Waals surface area contributed by atoms with Crippen molar-refractivity contribution < 1.29 is 0 Å². The Morgan fingerprint density at radius 3 is 2.94 bits per heavy atom. The molecule has 0 aromatic carbocycles. The molecule has 0 aliphatic carbocycles. The zero-order chi connectivity index (χ0) is 12.6. The topological polar surface area (TPSA) is 60.9 Å². The van der Waals surface area contributed by atoms with Crippen LogP contribution in [0.5, 0.6) is 0 Å². The standard InChI is InChI=1S/C11H13N3OS2/c1-3-7-6(2)17-10-9(7)11(15)14(5-13-10)4-8(12)16/h5H,3-4H2,1-2H3,(H2,12,16). The largest absolute Gasteiger partial charge is 0.392 e. The van der Waals surface area contributed by atoms with Gasteiger partial charge in [-0.3, -0.25) is 9.36 Å². The number of nitrogens with zero attached hydrogens (tertiary/aromatic N) is 2. The van der Waals surface area contributed by atoms with E-state index in [2.05, 4.69) is 4.98 Å². The van der Waals surface area contributed by atoms with Crippen molar-refractivity contribution in [2.24, 2.45) is 5.73 Å². The lowest BCUT2D eigenvalue weighted by Gasteiger charge is -2.03. The molecule has 0 radical (unpaired) electrons. The van der Waals surface area contributed by atoms with Crippen LogP contribution in [0.2, 0.25) is 0 Å². The maximum absolute atomic E-state index is 12.3. The smallest absolute Gasteiger partial charge is 0.262 e. The molecule has 6 heteroatoms. The molecule has 2 aromatic heterocycles. The molecule has 0 aliphatic heterocycles. The zero-order valence-electron chi connectivity index (χ0n) is 9.69. The van der Waals surface area contributed by atoms with Crippen molar-refractivity contribution in [1.29, 1.82) is 0 Å². The lowest BCUT2D eigenvalue weighted by atomic mass is 10.1. The van der Waals surface area contributed by atoms with E-state index < -0.39 is 0 Å². The molecule has 0 atom stereocenters. The average molecular weight is 267 g/mol. The maximum atomic E-state index is 12.3. The summed E-state index contributed by atoms with van der Waals surface area (Å²) in [6.07, 6.45) is 2.35. The second-order valence-electron chi connectivity index (χ2n) is 3.81. The molecule has 0 fully saturated rings. The van der Waals surface area contributed by atoms with Crippen LogP contribution in [-0.4, -0.2) is 14.5 Å². The Balaban J connectivity index is 2.73. The molecule has 17 heavy (non-hydrogen) atoms. The lowest BCUT2D eigenvalue weighted by Crippen LogP contribution is -2.27. The molecule has 0 unspecified atom stereocenters. The van der Waals surface area contributed by atoms with E-state index in [-0.39, 0.29) is 12.1 Å². The van der Waals surface area contributed by atoms with Crippen LogP contribution in [0.4, 0.5) is 0 Å². The Bertz CT molecular complexity index is 642. The predicted octanol–water partition coefficient (Wildman–Crippen LogP) is 1.61. The highest BCUT2D eigenvalue weighted by atomic mass is 32.1. The number of thiophene rings is 1. The van der Waals surface area contributed by atoms with E-state index in [0.717, 1.165) is 21.7 Å². The fraction of sp³-hybridized carbons (Fsp3) is 0.364. The number of aryl methyl sites for hydroxylation is 2. The van der Waals surface area contributed by atoms with Gasteiger partial charge >= 0.3 is 0 Å². The van der Waals surface area contributed by atoms with Gasteiger partial charge in [0, 0.05) is 4.88 Å². The van der Waals surface area contributed by atoms with Crippen LogP contribution >= 0.6 is 23.6 Å². The summed E-state index contributed by atoms with van der Waals surface area (Å²) in [5, 5.41) is 0.716. The average Bonchev–Trinajstić information content (AvgIpc) is 2.58. The summed E-state index contributed by atoms with van der Waals surface area (Å²) in [6, 6.07) is 0. The van der Waals surface area contributed by atoms with E-state index in [4.69, 9.17) is 18.0 Å². The molecular formula is C11H13N3OS2. The highest BCUT2D eigenvalue weighted by Gasteiger charge is 2.13. The number of thiocarbonyl (C=S) groups is 1. The van der Waals surface area contributed by atoms with Crippen molar-refractivity contribution in [3.8, 4) is 0 Å². The van der Waals surface area contributed by atoms with Crippen LogP contribution in [0.1, 0.15) is 17.4 Å². The first-order valence-electron chi connectivity index (χ1n) is 5.30. The summed E-state index contributed by atoms with van der Waals surface area (Å²) >= 11 is 6.38. The van der Waals surface area contributed by atoms with Gasteiger partial charge in [-0.25, -0.2) is 4.98 Å². The van der Waals surface area contributed by atoms with E-state index in [1.165, 1.54) is 10.9 Å². The van der Waals surface area contributed by atoms with Crippen LogP contribution in [-0.2, 0) is 13.0 Å². The summed E-state index contributed by atoms with van der Waals surface area (Å²) in [6.45, 7) is 4.30. The number of hydrogen-bond donors (Lipinski definition) is 1. The molecule has 0 aliphatic rings. The van der Waals surface area contributed by atoms with E-state index in [1.54, 1.807) is 11.3 Å². The van der Waals surface area contributed by atoms with Gasteiger partial charge in [-0.1, -0.05) is 19.1 Å². The maximum Gasteiger partial charge on any atom is 0.262 e. The van der Waals surface area contributed by atoms with Crippen molar-refractivity contribution in [2.45, 2.75) is 26.8 Å². The summed E-state index contributed by atoms with van der Waals surface area (Å²) in [4.78, 5) is 18.8. The van der Waals surface area contributed by atoms with Gasteiger partial charge in [-0.15, -0.1) is 11.3 Å². The van der Waals surface area contributed by atoms with E-state index in [9.17, 15) is 4.79 Å². The first-order valence-corrected chi connectivity index (χ1v) is 6.52. The molecule has 4 nitrogen and oxygen atoms in total. The fourth-order valence-electron chi connectivity index (χ4n) is 1.90. The Morgan fingerprint density at radius 2 is 2.35 bits per heavy atom. The second-order valence-corrected chi connectivity index (χ2v) is 5.54. The van der Waals surface area contributed by atoms with Gasteiger partial charge in [0.2, 0.25) is 0 Å². The Labute approximate surface area is 108 Å². The van der Waals surface area contributed by atoms with E-state index in [1.807, 2.05) is 13.8 Å². The van der Waals surface area contributed by atoms with Gasteiger partial charge in [0.05, 0.1) is 23.2 Å². The number of fused-ring (bicyclic) bond motifs is 1. The molecule has 0 saturated carbocycles. The Hall–Kier alpha value is -1.27. The minimum absolute atomic E-state index is 0.0519. The van der Waals surface area contributed by atoms with Crippen LogP contribution in [0.3, 0.4) is 0 Å². The molecule has 0 amide bonds. The van der Waals surface area contributed by atoms with Crippen LogP contribution in [0.15, 0.2) is 11.1 Å². The molecule has 2 N–H and O–H groups in total. The van der Waals surface area contributed by atoms with Crippen molar-refractivity contribution >= 4 is 38.8 Å². The molecule has 0 saturated heterocycles. The SMILES string of the molecule is CCc1c(C)sc2ncn(CC(N)=S)c(=O)c12. The Morgan fingerprint density at radius 1 is 1.65 bits per heavy atom. The predicted molar refractivity (Wildman–Crippen MR) is 74.8 cm³/mol. The monoisotopic (exact) mass is 267 g/mol. The van der Waals surface area contributed by atoms with E-state index in [0.29, 0.717) is 10.4 Å². The van der Waals surface area contributed by atoms with E-state index >= 15 is 0 Å². The molecule has 0 bridgehead atoms. The molecule has 2 rings (SSSR count). The highest BCUT2D eigenvalue weighted by Crippen LogP contribution is 2.26. The van der Waals surface area contributed by atoms with Crippen molar-refractivity contribution in [3.05, 3.63) is 27.1 Å². The van der Waals surface area contributed by atoms with Gasteiger partial charge in [-0.2, -0.15) is 0 Å². The van der Waals surface area contributed by atoms with Gasteiger partial charge in [0.25, 0.3) is 5.56 Å². The number of aromatic nitrogens is 2. The normalized spacial score (nSPS) is 10.9. The number of nitrogens with two attached hydrogens (primary N) is 1. The highest BCUT2D eigenvalue weighted by molar-refractivity contribution is 7.80. The van der Waals surface area contributed by atoms with Crippen LogP contribution in [0, 0.1) is 6.92 Å². The van der Waals surface area contributed by atoms with Crippen LogP contribution < -0.4 is 11.3 Å². The molecule has 2 aromatic rings. The minimum Gasteiger partial charge on any atom is -0.392 e. The number of hydrogen-bond acceptors (Lipinski definition) is 4. The molecule has 90 valence electrons. The van der Waals surface area contributed by atoms with Crippen molar-refractivity contribution in [2.75, 3.05) is 0 Å². The summed E-state index contributed by atoms with van der Waals surface area (Å²) in [7, 11) is 0. The minimum atomic E-state index is -0.0519. The van der Waals surface area contributed by atoms with Gasteiger partial charge in [0.1, 0.15) is 4.83 Å². The third-order valence-corrected chi connectivity index (χ3v) is 3.84. The summed E-state index contributed by atoms with van der Waals surface area (Å²) in [5.74, 6) is 0. The van der Waals surface area contributed by atoms with Gasteiger partial charge in [-0.05, 0) is 18.9 Å². The van der Waals surface area contributed by atoms with Crippen LogP contribution in [0.25, 0.3) is 10.2 Å². The summed E-state index contributed by atoms with van der Waals surface area (Å²) in [5.41, 5.74) is 6.49.